The molecular weight excluding hydrogens is 286 g/mol. The number of nitrogens with zero attached hydrogens (tertiary/aromatic N) is 1. The summed E-state index contributed by atoms with van der Waals surface area (Å²) in [6, 6.07) is 7.45. The minimum absolute atomic E-state index is 0.382. The fraction of sp³-hybridized carbons (Fsp3) is 0.500. The van der Waals surface area contributed by atoms with Crippen LogP contribution in [0.1, 0.15) is 5.56 Å². The van der Waals surface area contributed by atoms with Gasteiger partial charge in [-0.15, -0.1) is 0 Å². The number of halogens is 1. The summed E-state index contributed by atoms with van der Waals surface area (Å²) >= 11 is 5.88. The number of benzene rings is 1. The summed E-state index contributed by atoms with van der Waals surface area (Å²) < 4.78 is 28.1. The Morgan fingerprint density at radius 3 is 2.74 bits per heavy atom. The predicted octanol–water partition coefficient (Wildman–Crippen LogP) is 0.622. The Kier molecular flexibility index (Phi) is 5.18. The van der Waals surface area contributed by atoms with Gasteiger partial charge in [0.2, 0.25) is 0 Å². The monoisotopic (exact) mass is 303 g/mol. The van der Waals surface area contributed by atoms with Gasteiger partial charge in [0.1, 0.15) is 0 Å². The van der Waals surface area contributed by atoms with Crippen molar-refractivity contribution in [2.45, 2.75) is 6.42 Å². The quantitative estimate of drug-likeness (QED) is 0.838. The second-order valence-electron chi connectivity index (χ2n) is 4.43. The molecule has 5 nitrogen and oxygen atoms in total. The van der Waals surface area contributed by atoms with Crippen molar-refractivity contribution < 1.29 is 8.42 Å². The summed E-state index contributed by atoms with van der Waals surface area (Å²) in [5.41, 5.74) is 1.02. The van der Waals surface area contributed by atoms with Crippen LogP contribution in [0, 0.1) is 0 Å². The van der Waals surface area contributed by atoms with E-state index in [-0.39, 0.29) is 0 Å². The second-order valence-corrected chi connectivity index (χ2v) is 6.62. The lowest BCUT2D eigenvalue weighted by Gasteiger charge is -2.26. The number of hydrogen-bond donors (Lipinski definition) is 2. The Hall–Kier alpha value is -0.660. The molecule has 19 heavy (non-hydrogen) atoms. The molecule has 106 valence electrons. The summed E-state index contributed by atoms with van der Waals surface area (Å²) in [4.78, 5) is 0. The van der Waals surface area contributed by atoms with E-state index < -0.39 is 10.2 Å². The van der Waals surface area contributed by atoms with Crippen molar-refractivity contribution in [3.63, 3.8) is 0 Å². The molecule has 1 aliphatic heterocycles. The van der Waals surface area contributed by atoms with Gasteiger partial charge in [0, 0.05) is 37.7 Å². The van der Waals surface area contributed by atoms with Crippen LogP contribution >= 0.6 is 11.6 Å². The molecule has 1 heterocycles. The first-order valence-corrected chi connectivity index (χ1v) is 8.10. The Morgan fingerprint density at radius 2 is 2.05 bits per heavy atom. The van der Waals surface area contributed by atoms with E-state index in [1.54, 1.807) is 6.07 Å². The Morgan fingerprint density at radius 1 is 1.32 bits per heavy atom. The molecule has 0 saturated carbocycles. The van der Waals surface area contributed by atoms with Crippen LogP contribution in [0.4, 0.5) is 0 Å². The molecule has 0 amide bonds. The summed E-state index contributed by atoms with van der Waals surface area (Å²) in [7, 11) is -3.35. The van der Waals surface area contributed by atoms with Gasteiger partial charge in [-0.3, -0.25) is 0 Å². The molecule has 0 unspecified atom stereocenters. The lowest BCUT2D eigenvalue weighted by Crippen LogP contribution is -2.50. The van der Waals surface area contributed by atoms with Crippen molar-refractivity contribution in [3.05, 3.63) is 34.9 Å². The highest BCUT2D eigenvalue weighted by Crippen LogP contribution is 2.11. The number of piperazine rings is 1. The molecule has 1 fully saturated rings. The molecule has 1 saturated heterocycles. The van der Waals surface area contributed by atoms with E-state index in [9.17, 15) is 8.42 Å². The van der Waals surface area contributed by atoms with E-state index in [1.807, 2.05) is 18.2 Å². The largest absolute Gasteiger partial charge is 0.314 e. The summed E-state index contributed by atoms with van der Waals surface area (Å²) in [6.45, 7) is 2.83. The van der Waals surface area contributed by atoms with Crippen molar-refractivity contribution in [3.8, 4) is 0 Å². The standard InChI is InChI=1S/C12H18ClN3O2S/c13-12-3-1-2-11(10-12)4-5-15-19(17,18)16-8-6-14-7-9-16/h1-3,10,14-15H,4-9H2. The molecule has 1 aromatic rings. The molecule has 2 N–H and O–H groups in total. The number of rotatable bonds is 5. The van der Waals surface area contributed by atoms with Crippen LogP contribution in [0.25, 0.3) is 0 Å². The second kappa shape index (κ2) is 6.67. The third-order valence-electron chi connectivity index (χ3n) is 3.00. The summed E-state index contributed by atoms with van der Waals surface area (Å²) in [5, 5.41) is 3.80. The van der Waals surface area contributed by atoms with Gasteiger partial charge in [-0.25, -0.2) is 4.72 Å². The van der Waals surface area contributed by atoms with Crippen LogP contribution in [0.2, 0.25) is 5.02 Å². The molecule has 0 radical (unpaired) electrons. The van der Waals surface area contributed by atoms with Crippen molar-refractivity contribution in [2.24, 2.45) is 0 Å². The third-order valence-corrected chi connectivity index (χ3v) is 4.85. The van der Waals surface area contributed by atoms with E-state index >= 15 is 0 Å². The van der Waals surface area contributed by atoms with E-state index in [0.29, 0.717) is 44.2 Å². The van der Waals surface area contributed by atoms with Crippen LogP contribution in [-0.2, 0) is 16.6 Å². The Bertz CT molecular complexity index is 515. The third kappa shape index (κ3) is 4.43. The molecule has 1 aromatic carbocycles. The number of nitrogens with one attached hydrogen (secondary N) is 2. The zero-order chi connectivity index (χ0) is 13.7. The molecule has 0 spiro atoms. The SMILES string of the molecule is O=S(=O)(NCCc1cccc(Cl)c1)N1CCNCC1. The Balaban J connectivity index is 1.84. The zero-order valence-corrected chi connectivity index (χ0v) is 12.2. The summed E-state index contributed by atoms with van der Waals surface area (Å²) in [5.74, 6) is 0. The lowest BCUT2D eigenvalue weighted by molar-refractivity contribution is 0.355. The first kappa shape index (κ1) is 14.7. The highest BCUT2D eigenvalue weighted by Gasteiger charge is 2.22. The molecule has 7 heteroatoms. The van der Waals surface area contributed by atoms with Gasteiger partial charge in [-0.2, -0.15) is 12.7 Å². The van der Waals surface area contributed by atoms with Gasteiger partial charge in [0.05, 0.1) is 0 Å². The van der Waals surface area contributed by atoms with Gasteiger partial charge >= 0.3 is 0 Å². The average molecular weight is 304 g/mol. The van der Waals surface area contributed by atoms with Gasteiger partial charge in [0.15, 0.2) is 0 Å². The van der Waals surface area contributed by atoms with E-state index in [1.165, 1.54) is 4.31 Å². The summed E-state index contributed by atoms with van der Waals surface area (Å²) in [6.07, 6.45) is 0.631. The highest BCUT2D eigenvalue weighted by atomic mass is 35.5. The number of hydrogen-bond acceptors (Lipinski definition) is 3. The van der Waals surface area contributed by atoms with E-state index in [2.05, 4.69) is 10.0 Å². The molecule has 0 bridgehead atoms. The molecular formula is C12H18ClN3O2S. The smallest absolute Gasteiger partial charge is 0.279 e. The fourth-order valence-corrected chi connectivity index (χ4v) is 3.41. The van der Waals surface area contributed by atoms with Crippen molar-refractivity contribution in [1.29, 1.82) is 0 Å². The maximum atomic E-state index is 12.0. The predicted molar refractivity (Wildman–Crippen MR) is 76.5 cm³/mol. The molecule has 0 aromatic heterocycles. The maximum Gasteiger partial charge on any atom is 0.279 e. The van der Waals surface area contributed by atoms with Crippen molar-refractivity contribution in [1.82, 2.24) is 14.3 Å². The van der Waals surface area contributed by atoms with Crippen LogP contribution < -0.4 is 10.0 Å². The highest BCUT2D eigenvalue weighted by molar-refractivity contribution is 7.87. The van der Waals surface area contributed by atoms with Crippen LogP contribution in [0.5, 0.6) is 0 Å². The van der Waals surface area contributed by atoms with Gasteiger partial charge in [0.25, 0.3) is 10.2 Å². The first-order chi connectivity index (χ1) is 9.08. The normalized spacial score (nSPS) is 17.5. The van der Waals surface area contributed by atoms with Crippen LogP contribution in [0.3, 0.4) is 0 Å². The fourth-order valence-electron chi connectivity index (χ4n) is 1.99. The van der Waals surface area contributed by atoms with Gasteiger partial charge < -0.3 is 5.32 Å². The van der Waals surface area contributed by atoms with E-state index in [4.69, 9.17) is 11.6 Å². The van der Waals surface area contributed by atoms with Gasteiger partial charge in [-0.05, 0) is 24.1 Å². The molecule has 0 atom stereocenters. The molecule has 1 aliphatic rings. The van der Waals surface area contributed by atoms with E-state index in [0.717, 1.165) is 5.56 Å². The molecule has 2 rings (SSSR count). The molecule has 0 aliphatic carbocycles. The average Bonchev–Trinajstić information content (AvgIpc) is 2.40. The van der Waals surface area contributed by atoms with Gasteiger partial charge in [-0.1, -0.05) is 23.7 Å². The van der Waals surface area contributed by atoms with Crippen molar-refractivity contribution in [2.75, 3.05) is 32.7 Å². The minimum atomic E-state index is -3.35. The maximum absolute atomic E-state index is 12.0. The minimum Gasteiger partial charge on any atom is -0.314 e. The topological polar surface area (TPSA) is 61.4 Å². The van der Waals surface area contributed by atoms with Crippen molar-refractivity contribution >= 4 is 21.8 Å². The Labute approximate surface area is 119 Å². The first-order valence-electron chi connectivity index (χ1n) is 6.28. The van der Waals surface area contributed by atoms with Crippen LogP contribution in [-0.4, -0.2) is 45.4 Å². The lowest BCUT2D eigenvalue weighted by atomic mass is 10.2. The van der Waals surface area contributed by atoms with Crippen LogP contribution in [0.15, 0.2) is 24.3 Å². The zero-order valence-electron chi connectivity index (χ0n) is 10.6.